The molecular formula is C20H32O5. The zero-order valence-electron chi connectivity index (χ0n) is 15.5. The summed E-state index contributed by atoms with van der Waals surface area (Å²) in [7, 11) is 0. The minimum absolute atomic E-state index is 0.0579. The van der Waals surface area contributed by atoms with Crippen molar-refractivity contribution in [2.45, 2.75) is 64.4 Å². The first-order valence-electron chi connectivity index (χ1n) is 9.60. The summed E-state index contributed by atoms with van der Waals surface area (Å²) in [6.45, 7) is 4.10. The predicted octanol–water partition coefficient (Wildman–Crippen LogP) is 2.19. The summed E-state index contributed by atoms with van der Waals surface area (Å²) in [4.78, 5) is 12.9. The van der Waals surface area contributed by atoms with Crippen molar-refractivity contribution in [2.75, 3.05) is 19.8 Å². The van der Waals surface area contributed by atoms with Gasteiger partial charge >= 0.3 is 5.97 Å². The van der Waals surface area contributed by atoms with Gasteiger partial charge in [-0.05, 0) is 62.9 Å². The molecule has 1 saturated heterocycles. The molecule has 0 aromatic heterocycles. The molecule has 5 heteroatoms. The number of carbonyl (C=O) groups excluding carboxylic acids is 1. The van der Waals surface area contributed by atoms with E-state index in [4.69, 9.17) is 9.84 Å². The first kappa shape index (κ1) is 18.9. The van der Waals surface area contributed by atoms with Crippen LogP contribution < -0.4 is 0 Å². The number of hydrogen-bond donors (Lipinski definition) is 3. The van der Waals surface area contributed by atoms with Crippen LogP contribution in [-0.4, -0.2) is 46.7 Å². The van der Waals surface area contributed by atoms with Crippen LogP contribution in [-0.2, 0) is 9.53 Å². The van der Waals surface area contributed by atoms with E-state index in [9.17, 15) is 15.0 Å². The number of aliphatic hydroxyl groups is 3. The van der Waals surface area contributed by atoms with Gasteiger partial charge in [0, 0.05) is 18.4 Å². The van der Waals surface area contributed by atoms with Crippen LogP contribution in [0, 0.1) is 22.7 Å². The average molecular weight is 352 g/mol. The molecule has 1 spiro atoms. The summed E-state index contributed by atoms with van der Waals surface area (Å²) < 4.78 is 5.82. The van der Waals surface area contributed by atoms with Crippen molar-refractivity contribution in [1.82, 2.24) is 0 Å². The molecule has 0 aromatic rings. The van der Waals surface area contributed by atoms with Crippen LogP contribution in [0.15, 0.2) is 11.6 Å². The molecule has 0 aromatic carbocycles. The highest BCUT2D eigenvalue weighted by Crippen LogP contribution is 2.68. The van der Waals surface area contributed by atoms with Gasteiger partial charge in [-0.3, -0.25) is 4.79 Å². The van der Waals surface area contributed by atoms with Crippen LogP contribution in [0.5, 0.6) is 0 Å². The van der Waals surface area contributed by atoms with Crippen molar-refractivity contribution >= 4 is 5.97 Å². The second-order valence-electron chi connectivity index (χ2n) is 8.82. The second-order valence-corrected chi connectivity index (χ2v) is 8.82. The Balaban J connectivity index is 1.92. The third-order valence-electron chi connectivity index (χ3n) is 7.44. The van der Waals surface area contributed by atoms with E-state index in [0.717, 1.165) is 44.1 Å². The number of esters is 1. The smallest absolute Gasteiger partial charge is 0.313 e. The van der Waals surface area contributed by atoms with Gasteiger partial charge in [-0.1, -0.05) is 13.0 Å². The maximum absolute atomic E-state index is 12.9. The van der Waals surface area contributed by atoms with Crippen LogP contribution in [0.4, 0.5) is 0 Å². The molecule has 3 aliphatic rings. The average Bonchev–Trinajstić information content (AvgIpc) is 2.88. The van der Waals surface area contributed by atoms with E-state index >= 15 is 0 Å². The van der Waals surface area contributed by atoms with E-state index < -0.39 is 5.41 Å². The Labute approximate surface area is 150 Å². The predicted molar refractivity (Wildman–Crippen MR) is 93.7 cm³/mol. The van der Waals surface area contributed by atoms with E-state index in [1.807, 2.05) is 0 Å². The highest BCUT2D eigenvalue weighted by Gasteiger charge is 2.69. The van der Waals surface area contributed by atoms with Crippen molar-refractivity contribution in [3.05, 3.63) is 11.6 Å². The van der Waals surface area contributed by atoms with Crippen molar-refractivity contribution in [3.8, 4) is 0 Å². The van der Waals surface area contributed by atoms with E-state index in [1.165, 1.54) is 0 Å². The Bertz CT molecular complexity index is 558. The molecule has 5 unspecified atom stereocenters. The Hall–Kier alpha value is -0.910. The van der Waals surface area contributed by atoms with Gasteiger partial charge in [0.05, 0.1) is 18.6 Å². The standard InChI is InChI=1S/C20H32O5/c1-14-10-20-12-18(2,25-17(20)24)7-3-4-16(20)19(14,13-23)8-5-15(11-22)6-9-21/h6,14,16,21-23H,3-5,7-13H2,1-2H3. The first-order chi connectivity index (χ1) is 11.9. The highest BCUT2D eigenvalue weighted by atomic mass is 16.6. The fourth-order valence-electron chi connectivity index (χ4n) is 6.22. The van der Waals surface area contributed by atoms with Crippen LogP contribution >= 0.6 is 0 Å². The Kier molecular flexibility index (Phi) is 5.04. The lowest BCUT2D eigenvalue weighted by molar-refractivity contribution is -0.157. The van der Waals surface area contributed by atoms with E-state index in [2.05, 4.69) is 13.8 Å². The van der Waals surface area contributed by atoms with E-state index in [1.54, 1.807) is 6.08 Å². The molecule has 2 saturated carbocycles. The van der Waals surface area contributed by atoms with Gasteiger partial charge in [0.15, 0.2) is 0 Å². The van der Waals surface area contributed by atoms with E-state index in [-0.39, 0.29) is 48.6 Å². The van der Waals surface area contributed by atoms with Crippen LogP contribution in [0.1, 0.15) is 58.8 Å². The molecule has 1 aliphatic heterocycles. The molecule has 1 heterocycles. The fraction of sp³-hybridized carbons (Fsp3) is 0.850. The molecule has 3 fully saturated rings. The summed E-state index contributed by atoms with van der Waals surface area (Å²) in [5, 5.41) is 29.0. The summed E-state index contributed by atoms with van der Waals surface area (Å²) in [6.07, 6.45) is 7.44. The van der Waals surface area contributed by atoms with Crippen LogP contribution in [0.25, 0.3) is 0 Å². The largest absolute Gasteiger partial charge is 0.459 e. The molecule has 2 bridgehead atoms. The van der Waals surface area contributed by atoms with Gasteiger partial charge in [0.2, 0.25) is 0 Å². The molecular weight excluding hydrogens is 320 g/mol. The van der Waals surface area contributed by atoms with Crippen molar-refractivity contribution in [1.29, 1.82) is 0 Å². The van der Waals surface area contributed by atoms with Gasteiger partial charge in [-0.25, -0.2) is 0 Å². The lowest BCUT2D eigenvalue weighted by atomic mass is 9.63. The van der Waals surface area contributed by atoms with Crippen molar-refractivity contribution in [2.24, 2.45) is 22.7 Å². The quantitative estimate of drug-likeness (QED) is 0.504. The van der Waals surface area contributed by atoms with Crippen molar-refractivity contribution < 1.29 is 24.9 Å². The third-order valence-corrected chi connectivity index (χ3v) is 7.44. The van der Waals surface area contributed by atoms with Crippen LogP contribution in [0.2, 0.25) is 0 Å². The van der Waals surface area contributed by atoms with Gasteiger partial charge in [-0.2, -0.15) is 0 Å². The van der Waals surface area contributed by atoms with Gasteiger partial charge in [0.25, 0.3) is 0 Å². The topological polar surface area (TPSA) is 87.0 Å². The summed E-state index contributed by atoms with van der Waals surface area (Å²) >= 11 is 0. The van der Waals surface area contributed by atoms with Gasteiger partial charge in [0.1, 0.15) is 5.60 Å². The first-order valence-corrected chi connectivity index (χ1v) is 9.60. The minimum Gasteiger partial charge on any atom is -0.459 e. The maximum Gasteiger partial charge on any atom is 0.313 e. The molecule has 3 N–H and O–H groups in total. The monoisotopic (exact) mass is 352 g/mol. The number of hydrogen-bond acceptors (Lipinski definition) is 5. The second kappa shape index (κ2) is 6.67. The maximum atomic E-state index is 12.9. The Morgan fingerprint density at radius 3 is 2.76 bits per heavy atom. The third kappa shape index (κ3) is 2.84. The lowest BCUT2D eigenvalue weighted by Gasteiger charge is -2.41. The van der Waals surface area contributed by atoms with Crippen LogP contribution in [0.3, 0.4) is 0 Å². The molecule has 5 nitrogen and oxygen atoms in total. The number of ether oxygens (including phenoxy) is 1. The summed E-state index contributed by atoms with van der Waals surface area (Å²) in [5.41, 5.74) is -0.313. The molecule has 5 atom stereocenters. The molecule has 0 radical (unpaired) electrons. The van der Waals surface area contributed by atoms with Gasteiger partial charge < -0.3 is 20.1 Å². The summed E-state index contributed by atoms with van der Waals surface area (Å²) in [6, 6.07) is 0. The lowest BCUT2D eigenvalue weighted by Crippen LogP contribution is -2.41. The summed E-state index contributed by atoms with van der Waals surface area (Å²) in [5.74, 6) is 0.297. The normalized spacial score (nSPS) is 43.7. The number of aliphatic hydroxyl groups excluding tert-OH is 3. The molecule has 142 valence electrons. The zero-order chi connectivity index (χ0) is 18.3. The Morgan fingerprint density at radius 2 is 2.12 bits per heavy atom. The number of fused-ring (bicyclic) bond motifs is 1. The molecule has 3 rings (SSSR count). The minimum atomic E-state index is -0.451. The highest BCUT2D eigenvalue weighted by molar-refractivity contribution is 5.81. The SMILES string of the molecule is CC1CC23CC(C)(CCCC2C1(CO)CCC(=CCO)CO)OC3=O. The van der Waals surface area contributed by atoms with Gasteiger partial charge in [-0.15, -0.1) is 0 Å². The number of rotatable bonds is 6. The molecule has 0 amide bonds. The van der Waals surface area contributed by atoms with E-state index in [0.29, 0.717) is 6.42 Å². The molecule has 2 aliphatic carbocycles. The molecule has 25 heavy (non-hydrogen) atoms. The fourth-order valence-corrected chi connectivity index (χ4v) is 6.22. The van der Waals surface area contributed by atoms with Crippen molar-refractivity contribution in [3.63, 3.8) is 0 Å². The zero-order valence-corrected chi connectivity index (χ0v) is 15.5. The Morgan fingerprint density at radius 1 is 1.36 bits per heavy atom. The number of carbonyl (C=O) groups is 1.